The Hall–Kier alpha value is -0.740. The average Bonchev–Trinajstić information content (AvgIpc) is 2.50. The van der Waals surface area contributed by atoms with Crippen LogP contribution < -0.4 is 0 Å². The van der Waals surface area contributed by atoms with Crippen molar-refractivity contribution in [1.82, 2.24) is 0 Å². The molecule has 0 aliphatic heterocycles. The standard InChI is InChI=1S/C10H5BrF2S/c11-10-3-7(5-14-10)6-1-8(12)4-9(13)2-6/h1-5H. The van der Waals surface area contributed by atoms with Crippen LogP contribution >= 0.6 is 27.3 Å². The SMILES string of the molecule is Fc1cc(F)cc(-c2csc(Br)c2)c1. The van der Waals surface area contributed by atoms with Crippen LogP contribution in [0.4, 0.5) is 8.78 Å². The summed E-state index contributed by atoms with van der Waals surface area (Å²) in [5.74, 6) is -1.11. The molecule has 0 fully saturated rings. The lowest BCUT2D eigenvalue weighted by atomic mass is 10.1. The van der Waals surface area contributed by atoms with Gasteiger partial charge < -0.3 is 0 Å². The van der Waals surface area contributed by atoms with Gasteiger partial charge in [0, 0.05) is 6.07 Å². The van der Waals surface area contributed by atoms with Crippen LogP contribution in [0, 0.1) is 11.6 Å². The summed E-state index contributed by atoms with van der Waals surface area (Å²) < 4.78 is 26.7. The highest BCUT2D eigenvalue weighted by atomic mass is 79.9. The molecule has 0 unspecified atom stereocenters. The lowest BCUT2D eigenvalue weighted by molar-refractivity contribution is 0.584. The van der Waals surface area contributed by atoms with Gasteiger partial charge in [-0.15, -0.1) is 11.3 Å². The Bertz CT molecular complexity index is 445. The van der Waals surface area contributed by atoms with Gasteiger partial charge in [0.05, 0.1) is 3.79 Å². The minimum Gasteiger partial charge on any atom is -0.207 e. The van der Waals surface area contributed by atoms with Crippen LogP contribution in [0.15, 0.2) is 33.4 Å². The predicted octanol–water partition coefficient (Wildman–Crippen LogP) is 4.46. The molecule has 0 spiro atoms. The third kappa shape index (κ3) is 2.01. The van der Waals surface area contributed by atoms with Crippen LogP contribution in [0.25, 0.3) is 11.1 Å². The highest BCUT2D eigenvalue weighted by molar-refractivity contribution is 9.11. The molecule has 0 atom stereocenters. The van der Waals surface area contributed by atoms with Gasteiger partial charge in [-0.05, 0) is 50.6 Å². The summed E-state index contributed by atoms with van der Waals surface area (Å²) in [4.78, 5) is 0. The fraction of sp³-hybridized carbons (Fsp3) is 0. The molecule has 0 radical (unpaired) electrons. The lowest BCUT2D eigenvalue weighted by Gasteiger charge is -1.98. The van der Waals surface area contributed by atoms with Crippen molar-refractivity contribution in [2.45, 2.75) is 0 Å². The first-order valence-electron chi connectivity index (χ1n) is 3.85. The quantitative estimate of drug-likeness (QED) is 0.721. The fourth-order valence-electron chi connectivity index (χ4n) is 1.18. The van der Waals surface area contributed by atoms with Crippen molar-refractivity contribution in [2.24, 2.45) is 0 Å². The number of hydrogen-bond acceptors (Lipinski definition) is 1. The van der Waals surface area contributed by atoms with Crippen molar-refractivity contribution in [3.63, 3.8) is 0 Å². The smallest absolute Gasteiger partial charge is 0.126 e. The van der Waals surface area contributed by atoms with Crippen molar-refractivity contribution >= 4 is 27.3 Å². The molecule has 0 saturated carbocycles. The summed E-state index contributed by atoms with van der Waals surface area (Å²) in [5, 5.41) is 1.85. The van der Waals surface area contributed by atoms with Gasteiger partial charge >= 0.3 is 0 Å². The maximum atomic E-state index is 12.9. The molecule has 0 aliphatic carbocycles. The summed E-state index contributed by atoms with van der Waals surface area (Å²) in [6.07, 6.45) is 0. The maximum Gasteiger partial charge on any atom is 0.126 e. The molecule has 4 heteroatoms. The summed E-state index contributed by atoms with van der Waals surface area (Å²) in [5.41, 5.74) is 1.38. The molecule has 1 aromatic heterocycles. The number of halogens is 3. The molecule has 0 nitrogen and oxygen atoms in total. The van der Waals surface area contributed by atoms with E-state index in [1.807, 2.05) is 11.4 Å². The predicted molar refractivity (Wildman–Crippen MR) is 57.4 cm³/mol. The zero-order valence-corrected chi connectivity index (χ0v) is 9.33. The highest BCUT2D eigenvalue weighted by Crippen LogP contribution is 2.29. The van der Waals surface area contributed by atoms with Gasteiger partial charge in [0.25, 0.3) is 0 Å². The van der Waals surface area contributed by atoms with E-state index < -0.39 is 11.6 Å². The summed E-state index contributed by atoms with van der Waals surface area (Å²) in [6.45, 7) is 0. The molecule has 1 heterocycles. The topological polar surface area (TPSA) is 0 Å². The third-order valence-corrected chi connectivity index (χ3v) is 3.27. The zero-order valence-electron chi connectivity index (χ0n) is 6.93. The van der Waals surface area contributed by atoms with Crippen LogP contribution in [0.2, 0.25) is 0 Å². The van der Waals surface area contributed by atoms with E-state index in [9.17, 15) is 8.78 Å². The first-order valence-corrected chi connectivity index (χ1v) is 5.53. The van der Waals surface area contributed by atoms with Gasteiger partial charge in [-0.3, -0.25) is 0 Å². The number of thiophene rings is 1. The molecule has 0 aliphatic rings. The molecule has 2 aromatic rings. The minimum atomic E-state index is -0.553. The Kier molecular flexibility index (Phi) is 2.65. The van der Waals surface area contributed by atoms with E-state index in [0.717, 1.165) is 15.4 Å². The largest absolute Gasteiger partial charge is 0.207 e. The Morgan fingerprint density at radius 3 is 2.07 bits per heavy atom. The Labute approximate surface area is 92.3 Å². The summed E-state index contributed by atoms with van der Waals surface area (Å²) in [6, 6.07) is 5.33. The van der Waals surface area contributed by atoms with Gasteiger partial charge in [-0.25, -0.2) is 8.78 Å². The first kappa shape index (κ1) is 9.80. The molecule has 14 heavy (non-hydrogen) atoms. The second-order valence-corrected chi connectivity index (χ2v) is 5.09. The molecule has 0 amide bonds. The summed E-state index contributed by atoms with van der Waals surface area (Å²) >= 11 is 4.78. The molecule has 0 N–H and O–H groups in total. The lowest BCUT2D eigenvalue weighted by Crippen LogP contribution is -1.81. The van der Waals surface area contributed by atoms with Crippen molar-refractivity contribution in [3.8, 4) is 11.1 Å². The number of rotatable bonds is 1. The fourth-order valence-corrected chi connectivity index (χ4v) is 2.35. The Morgan fingerprint density at radius 2 is 1.57 bits per heavy atom. The van der Waals surface area contributed by atoms with Crippen molar-refractivity contribution in [2.75, 3.05) is 0 Å². The van der Waals surface area contributed by atoms with Gasteiger partial charge in [-0.2, -0.15) is 0 Å². The first-order chi connectivity index (χ1) is 6.65. The van der Waals surface area contributed by atoms with Crippen LogP contribution in [-0.4, -0.2) is 0 Å². The van der Waals surface area contributed by atoms with E-state index in [1.165, 1.54) is 23.5 Å². The zero-order chi connectivity index (χ0) is 10.1. The minimum absolute atomic E-state index is 0.553. The van der Waals surface area contributed by atoms with Crippen molar-refractivity contribution < 1.29 is 8.78 Å². The molecular weight excluding hydrogens is 270 g/mol. The van der Waals surface area contributed by atoms with Crippen LogP contribution in [0.1, 0.15) is 0 Å². The second-order valence-electron chi connectivity index (χ2n) is 2.80. The number of benzene rings is 1. The molecule has 2 rings (SSSR count). The van der Waals surface area contributed by atoms with E-state index in [-0.39, 0.29) is 0 Å². The molecule has 72 valence electrons. The van der Waals surface area contributed by atoms with Crippen molar-refractivity contribution in [1.29, 1.82) is 0 Å². The molecule has 1 aromatic carbocycles. The van der Waals surface area contributed by atoms with Crippen LogP contribution in [0.3, 0.4) is 0 Å². The van der Waals surface area contributed by atoms with Gasteiger partial charge in [0.15, 0.2) is 0 Å². The Balaban J connectivity index is 2.51. The normalized spacial score (nSPS) is 10.5. The van der Waals surface area contributed by atoms with E-state index >= 15 is 0 Å². The third-order valence-electron chi connectivity index (χ3n) is 1.76. The van der Waals surface area contributed by atoms with E-state index in [1.54, 1.807) is 0 Å². The highest BCUT2D eigenvalue weighted by Gasteiger charge is 2.04. The van der Waals surface area contributed by atoms with Crippen LogP contribution in [0.5, 0.6) is 0 Å². The van der Waals surface area contributed by atoms with E-state index in [4.69, 9.17) is 0 Å². The second kappa shape index (κ2) is 3.79. The monoisotopic (exact) mass is 274 g/mol. The van der Waals surface area contributed by atoms with E-state index in [2.05, 4.69) is 15.9 Å². The van der Waals surface area contributed by atoms with E-state index in [0.29, 0.717) is 5.56 Å². The van der Waals surface area contributed by atoms with Crippen molar-refractivity contribution in [3.05, 3.63) is 45.1 Å². The van der Waals surface area contributed by atoms with Gasteiger partial charge in [-0.1, -0.05) is 0 Å². The van der Waals surface area contributed by atoms with Gasteiger partial charge in [0.2, 0.25) is 0 Å². The average molecular weight is 275 g/mol. The van der Waals surface area contributed by atoms with Crippen LogP contribution in [-0.2, 0) is 0 Å². The molecule has 0 bridgehead atoms. The molecule has 0 saturated heterocycles. The molecular formula is C10H5BrF2S. The Morgan fingerprint density at radius 1 is 0.929 bits per heavy atom. The maximum absolute atomic E-state index is 12.9. The summed E-state index contributed by atoms with van der Waals surface area (Å²) in [7, 11) is 0. The van der Waals surface area contributed by atoms with Gasteiger partial charge in [0.1, 0.15) is 11.6 Å². The number of hydrogen-bond donors (Lipinski definition) is 0.